The number of nitrogens with one attached hydrogen (secondary N) is 1. The van der Waals surface area contributed by atoms with E-state index in [2.05, 4.69) is 20.3 Å². The van der Waals surface area contributed by atoms with E-state index in [1.54, 1.807) is 16.8 Å². The first-order valence-corrected chi connectivity index (χ1v) is 8.82. The van der Waals surface area contributed by atoms with Crippen LogP contribution in [0.2, 0.25) is 5.02 Å². The van der Waals surface area contributed by atoms with Gasteiger partial charge in [-0.15, -0.1) is 0 Å². The number of hydrogen-bond donors (Lipinski definition) is 2. The Morgan fingerprint density at radius 1 is 1.36 bits per heavy atom. The molecule has 0 radical (unpaired) electrons. The van der Waals surface area contributed by atoms with Crippen LogP contribution in [-0.4, -0.2) is 63.0 Å². The van der Waals surface area contributed by atoms with Crippen LogP contribution in [0.15, 0.2) is 24.3 Å². The quantitative estimate of drug-likeness (QED) is 0.798. The number of hydrogen-bond acceptors (Lipinski definition) is 5. The van der Waals surface area contributed by atoms with Crippen LogP contribution in [0.1, 0.15) is 12.7 Å². The number of amides is 1. The summed E-state index contributed by atoms with van der Waals surface area (Å²) in [7, 11) is 0. The van der Waals surface area contributed by atoms with E-state index in [0.717, 1.165) is 18.7 Å². The lowest BCUT2D eigenvalue weighted by molar-refractivity contribution is -0.128. The minimum atomic E-state index is -0.265. The molecular weight excluding hydrogens is 342 g/mol. The minimum absolute atomic E-state index is 0.0136. The highest BCUT2D eigenvalue weighted by Gasteiger charge is 2.30. The van der Waals surface area contributed by atoms with E-state index in [4.69, 9.17) is 11.6 Å². The fourth-order valence-electron chi connectivity index (χ4n) is 3.06. The second-order valence-corrected chi connectivity index (χ2v) is 6.38. The number of aromatic nitrogens is 3. The molecule has 0 aliphatic carbocycles. The Morgan fingerprint density at radius 3 is 2.80 bits per heavy atom. The van der Waals surface area contributed by atoms with Crippen LogP contribution in [0.5, 0.6) is 0 Å². The molecule has 0 spiro atoms. The van der Waals surface area contributed by atoms with Crippen LogP contribution in [0, 0.1) is 0 Å². The SMILES string of the molecule is CCN1CCNC(=O)[C@H]1Cc1nc(-c2ccc(Cl)cc2)nn1CCO. The molecule has 1 aliphatic heterocycles. The third-order valence-electron chi connectivity index (χ3n) is 4.39. The van der Waals surface area contributed by atoms with Crippen molar-refractivity contribution < 1.29 is 9.90 Å². The Balaban J connectivity index is 1.89. The summed E-state index contributed by atoms with van der Waals surface area (Å²) in [6.07, 6.45) is 0.459. The van der Waals surface area contributed by atoms with E-state index < -0.39 is 0 Å². The van der Waals surface area contributed by atoms with E-state index in [0.29, 0.717) is 36.2 Å². The van der Waals surface area contributed by atoms with E-state index in [1.165, 1.54) is 0 Å². The zero-order chi connectivity index (χ0) is 17.8. The first-order valence-electron chi connectivity index (χ1n) is 8.44. The highest BCUT2D eigenvalue weighted by molar-refractivity contribution is 6.30. The molecule has 8 heteroatoms. The minimum Gasteiger partial charge on any atom is -0.394 e. The van der Waals surface area contributed by atoms with Gasteiger partial charge in [-0.2, -0.15) is 5.10 Å². The Kier molecular flexibility index (Phi) is 5.67. The molecule has 0 saturated carbocycles. The van der Waals surface area contributed by atoms with Crippen molar-refractivity contribution in [3.05, 3.63) is 35.1 Å². The molecule has 1 amide bonds. The van der Waals surface area contributed by atoms with Crippen molar-refractivity contribution in [3.63, 3.8) is 0 Å². The van der Waals surface area contributed by atoms with Crippen LogP contribution in [0.25, 0.3) is 11.4 Å². The summed E-state index contributed by atoms with van der Waals surface area (Å²) >= 11 is 5.93. The Bertz CT molecular complexity index is 731. The molecule has 1 aromatic carbocycles. The van der Waals surface area contributed by atoms with Gasteiger partial charge in [0.1, 0.15) is 5.82 Å². The van der Waals surface area contributed by atoms with Crippen LogP contribution >= 0.6 is 11.6 Å². The maximum atomic E-state index is 12.3. The molecule has 25 heavy (non-hydrogen) atoms. The molecule has 2 heterocycles. The van der Waals surface area contributed by atoms with Crippen LogP contribution in [0.4, 0.5) is 0 Å². The number of halogens is 1. The van der Waals surface area contributed by atoms with Gasteiger partial charge < -0.3 is 10.4 Å². The summed E-state index contributed by atoms with van der Waals surface area (Å²) in [4.78, 5) is 19.0. The summed E-state index contributed by atoms with van der Waals surface area (Å²) in [5.41, 5.74) is 0.850. The number of nitrogens with zero attached hydrogens (tertiary/aromatic N) is 4. The fourth-order valence-corrected chi connectivity index (χ4v) is 3.18. The number of aliphatic hydroxyl groups excluding tert-OH is 1. The summed E-state index contributed by atoms with van der Waals surface area (Å²) in [6, 6.07) is 7.03. The lowest BCUT2D eigenvalue weighted by Gasteiger charge is -2.33. The molecule has 2 N–H and O–H groups in total. The normalized spacial score (nSPS) is 18.4. The molecule has 1 saturated heterocycles. The van der Waals surface area contributed by atoms with Gasteiger partial charge in [-0.05, 0) is 30.8 Å². The zero-order valence-corrected chi connectivity index (χ0v) is 14.9. The molecule has 2 aromatic rings. The number of carbonyl (C=O) groups is 1. The molecule has 7 nitrogen and oxygen atoms in total. The van der Waals surface area contributed by atoms with Crippen LogP contribution in [0.3, 0.4) is 0 Å². The molecule has 1 aliphatic rings. The highest BCUT2D eigenvalue weighted by atomic mass is 35.5. The standard InChI is InChI=1S/C17H22ClN5O2/c1-2-22-8-7-19-17(25)14(22)11-15-20-16(21-23(15)9-10-24)12-3-5-13(18)6-4-12/h3-6,14,24H,2,7-11H2,1H3,(H,19,25)/t14-/m1/s1. The lowest BCUT2D eigenvalue weighted by Crippen LogP contribution is -2.56. The number of benzene rings is 1. The topological polar surface area (TPSA) is 83.3 Å². The molecule has 0 bridgehead atoms. The average Bonchev–Trinajstić information content (AvgIpc) is 3.00. The number of piperazine rings is 1. The van der Waals surface area contributed by atoms with E-state index in [9.17, 15) is 9.90 Å². The summed E-state index contributed by atoms with van der Waals surface area (Å²) < 4.78 is 1.68. The third-order valence-corrected chi connectivity index (χ3v) is 4.64. The molecule has 134 valence electrons. The average molecular weight is 364 g/mol. The first kappa shape index (κ1) is 17.8. The molecular formula is C17H22ClN5O2. The van der Waals surface area contributed by atoms with Crippen molar-refractivity contribution in [2.45, 2.75) is 25.9 Å². The van der Waals surface area contributed by atoms with E-state index >= 15 is 0 Å². The number of rotatable bonds is 6. The number of likely N-dealkylation sites (N-methyl/N-ethyl adjacent to an activating group) is 1. The van der Waals surface area contributed by atoms with E-state index in [-0.39, 0.29) is 18.6 Å². The van der Waals surface area contributed by atoms with Gasteiger partial charge >= 0.3 is 0 Å². The smallest absolute Gasteiger partial charge is 0.237 e. The van der Waals surface area contributed by atoms with Gasteiger partial charge in [0.2, 0.25) is 5.91 Å². The van der Waals surface area contributed by atoms with Gasteiger partial charge in [0.05, 0.1) is 19.2 Å². The predicted octanol–water partition coefficient (Wildman–Crippen LogP) is 0.954. The largest absolute Gasteiger partial charge is 0.394 e. The van der Waals surface area contributed by atoms with Gasteiger partial charge in [-0.1, -0.05) is 18.5 Å². The number of carbonyl (C=O) groups excluding carboxylic acids is 1. The monoisotopic (exact) mass is 363 g/mol. The molecule has 3 rings (SSSR count). The van der Waals surface area contributed by atoms with Crippen molar-refractivity contribution in [1.82, 2.24) is 25.0 Å². The van der Waals surface area contributed by atoms with Gasteiger partial charge in [-0.3, -0.25) is 9.69 Å². The van der Waals surface area contributed by atoms with Crippen molar-refractivity contribution in [3.8, 4) is 11.4 Å². The summed E-state index contributed by atoms with van der Waals surface area (Å²) in [5, 5.41) is 17.4. The molecule has 0 unspecified atom stereocenters. The van der Waals surface area contributed by atoms with Crippen molar-refractivity contribution >= 4 is 17.5 Å². The lowest BCUT2D eigenvalue weighted by atomic mass is 10.1. The number of aliphatic hydroxyl groups is 1. The molecule has 1 atom stereocenters. The Labute approximate surface area is 151 Å². The second-order valence-electron chi connectivity index (χ2n) is 5.94. The Hall–Kier alpha value is -1.96. The van der Waals surface area contributed by atoms with Gasteiger partial charge in [0.15, 0.2) is 5.82 Å². The zero-order valence-electron chi connectivity index (χ0n) is 14.2. The molecule has 1 fully saturated rings. The van der Waals surface area contributed by atoms with Crippen molar-refractivity contribution in [2.75, 3.05) is 26.2 Å². The predicted molar refractivity (Wildman–Crippen MR) is 95.3 cm³/mol. The maximum absolute atomic E-state index is 12.3. The highest BCUT2D eigenvalue weighted by Crippen LogP contribution is 2.20. The van der Waals surface area contributed by atoms with Gasteiger partial charge in [0, 0.05) is 30.1 Å². The first-order chi connectivity index (χ1) is 12.1. The van der Waals surface area contributed by atoms with Crippen LogP contribution in [-0.2, 0) is 17.8 Å². The second kappa shape index (κ2) is 7.95. The Morgan fingerprint density at radius 2 is 2.12 bits per heavy atom. The fraction of sp³-hybridized carbons (Fsp3) is 0.471. The van der Waals surface area contributed by atoms with Gasteiger partial charge in [0.25, 0.3) is 0 Å². The molecule has 1 aromatic heterocycles. The van der Waals surface area contributed by atoms with Gasteiger partial charge in [-0.25, -0.2) is 9.67 Å². The maximum Gasteiger partial charge on any atom is 0.237 e. The van der Waals surface area contributed by atoms with Crippen LogP contribution < -0.4 is 5.32 Å². The summed E-state index contributed by atoms with van der Waals surface area (Å²) in [5.74, 6) is 1.28. The summed E-state index contributed by atoms with van der Waals surface area (Å²) in [6.45, 7) is 4.65. The van der Waals surface area contributed by atoms with Crippen molar-refractivity contribution in [2.24, 2.45) is 0 Å². The van der Waals surface area contributed by atoms with E-state index in [1.807, 2.05) is 19.1 Å². The van der Waals surface area contributed by atoms with Crippen molar-refractivity contribution in [1.29, 1.82) is 0 Å². The third kappa shape index (κ3) is 4.00.